The fourth-order valence-electron chi connectivity index (χ4n) is 4.85. The Balaban J connectivity index is 4.66. The third-order valence-corrected chi connectivity index (χ3v) is 8.02. The SMILES string of the molecule is CC\C=C/C=C\C=C/C=C\C=C/CCCCCC(=O)OC(COC(=O)C/C=C\C/C=C\C/C=C\CC)COC(=O)CCCCC\C=C/C=C/C=C\C=C/C=C\C=C/CC. The second kappa shape index (κ2) is 45.5. The van der Waals surface area contributed by atoms with Crippen LogP contribution >= 0.6 is 0 Å². The van der Waals surface area contributed by atoms with Crippen LogP contribution in [0.5, 0.6) is 0 Å². The van der Waals surface area contributed by atoms with Crippen LogP contribution in [0.25, 0.3) is 0 Å². The van der Waals surface area contributed by atoms with Crippen molar-refractivity contribution in [3.05, 3.63) is 170 Å². The highest BCUT2D eigenvalue weighted by atomic mass is 16.6. The molecule has 0 saturated carbocycles. The molecule has 0 heterocycles. The van der Waals surface area contributed by atoms with Crippen molar-refractivity contribution in [2.45, 2.75) is 130 Å². The molecular formula is C53H74O6. The Bertz CT molecular complexity index is 1480. The van der Waals surface area contributed by atoms with Crippen molar-refractivity contribution in [3.63, 3.8) is 0 Å². The molecule has 0 N–H and O–H groups in total. The van der Waals surface area contributed by atoms with E-state index in [2.05, 4.69) is 69.4 Å². The molecule has 1 unspecified atom stereocenters. The smallest absolute Gasteiger partial charge is 0.309 e. The van der Waals surface area contributed by atoms with Crippen molar-refractivity contribution in [2.24, 2.45) is 0 Å². The summed E-state index contributed by atoms with van der Waals surface area (Å²) in [6, 6.07) is 0. The zero-order valence-corrected chi connectivity index (χ0v) is 36.4. The highest BCUT2D eigenvalue weighted by Crippen LogP contribution is 2.09. The topological polar surface area (TPSA) is 78.9 Å². The molecule has 0 aromatic carbocycles. The Morgan fingerprint density at radius 1 is 0.373 bits per heavy atom. The molecule has 0 aliphatic rings. The van der Waals surface area contributed by atoms with Gasteiger partial charge in [-0.15, -0.1) is 0 Å². The van der Waals surface area contributed by atoms with Crippen molar-refractivity contribution in [1.82, 2.24) is 0 Å². The fourth-order valence-corrected chi connectivity index (χ4v) is 4.85. The van der Waals surface area contributed by atoms with Crippen LogP contribution < -0.4 is 0 Å². The van der Waals surface area contributed by atoms with E-state index >= 15 is 0 Å². The molecule has 6 nitrogen and oxygen atoms in total. The number of esters is 3. The van der Waals surface area contributed by atoms with Crippen molar-refractivity contribution < 1.29 is 28.6 Å². The highest BCUT2D eigenvalue weighted by molar-refractivity contribution is 5.72. The predicted octanol–water partition coefficient (Wildman–Crippen LogP) is 14.1. The fraction of sp³-hybridized carbons (Fsp3) is 0.415. The number of ether oxygens (including phenoxy) is 3. The van der Waals surface area contributed by atoms with Crippen LogP contribution in [0.4, 0.5) is 0 Å². The molecule has 6 heteroatoms. The number of hydrogen-bond donors (Lipinski definition) is 0. The van der Waals surface area contributed by atoms with E-state index in [9.17, 15) is 14.4 Å². The molecule has 1 atom stereocenters. The number of carbonyl (C=O) groups is 3. The van der Waals surface area contributed by atoms with E-state index in [1.165, 1.54) is 0 Å². The number of carbonyl (C=O) groups excluding carboxylic acids is 3. The first-order valence-corrected chi connectivity index (χ1v) is 21.8. The third-order valence-electron chi connectivity index (χ3n) is 8.02. The van der Waals surface area contributed by atoms with Crippen LogP contribution in [0.3, 0.4) is 0 Å². The van der Waals surface area contributed by atoms with Crippen molar-refractivity contribution >= 4 is 17.9 Å². The van der Waals surface area contributed by atoms with Crippen LogP contribution in [-0.2, 0) is 28.6 Å². The Morgan fingerprint density at radius 2 is 0.746 bits per heavy atom. The highest BCUT2D eigenvalue weighted by Gasteiger charge is 2.19. The maximum Gasteiger partial charge on any atom is 0.309 e. The van der Waals surface area contributed by atoms with Gasteiger partial charge < -0.3 is 14.2 Å². The average Bonchev–Trinajstić information content (AvgIpc) is 3.23. The molecule has 322 valence electrons. The number of hydrogen-bond acceptors (Lipinski definition) is 6. The molecule has 0 saturated heterocycles. The molecule has 0 radical (unpaired) electrons. The molecule has 0 spiro atoms. The number of rotatable bonds is 35. The Kier molecular flexibility index (Phi) is 41.4. The molecular weight excluding hydrogens is 733 g/mol. The summed E-state index contributed by atoms with van der Waals surface area (Å²) in [6.45, 7) is 6.00. The van der Waals surface area contributed by atoms with Gasteiger partial charge >= 0.3 is 17.9 Å². The van der Waals surface area contributed by atoms with Crippen molar-refractivity contribution in [1.29, 1.82) is 0 Å². The second-order valence-corrected chi connectivity index (χ2v) is 13.4. The molecule has 0 fully saturated rings. The molecule has 0 amide bonds. The van der Waals surface area contributed by atoms with Gasteiger partial charge in [0.15, 0.2) is 6.10 Å². The summed E-state index contributed by atoms with van der Waals surface area (Å²) in [4.78, 5) is 37.6. The predicted molar refractivity (Wildman–Crippen MR) is 251 cm³/mol. The van der Waals surface area contributed by atoms with E-state index in [1.807, 2.05) is 115 Å². The van der Waals surface area contributed by atoms with E-state index in [-0.39, 0.29) is 38.4 Å². The van der Waals surface area contributed by atoms with Gasteiger partial charge in [0.1, 0.15) is 13.2 Å². The molecule has 0 aliphatic heterocycles. The Hall–Kier alpha value is -5.23. The molecule has 0 aromatic rings. The monoisotopic (exact) mass is 807 g/mol. The Morgan fingerprint density at radius 3 is 1.20 bits per heavy atom. The molecule has 0 bridgehead atoms. The van der Waals surface area contributed by atoms with E-state index in [1.54, 1.807) is 6.08 Å². The third kappa shape index (κ3) is 43.7. The summed E-state index contributed by atoms with van der Waals surface area (Å²) < 4.78 is 16.5. The average molecular weight is 807 g/mol. The molecule has 0 aromatic heterocycles. The maximum atomic E-state index is 12.7. The zero-order valence-electron chi connectivity index (χ0n) is 36.4. The van der Waals surface area contributed by atoms with E-state index < -0.39 is 18.0 Å². The Labute approximate surface area is 358 Å². The summed E-state index contributed by atoms with van der Waals surface area (Å²) in [7, 11) is 0. The van der Waals surface area contributed by atoms with Crippen LogP contribution in [0, 0.1) is 0 Å². The van der Waals surface area contributed by atoms with Gasteiger partial charge in [-0.25, -0.2) is 0 Å². The standard InChI is InChI=1S/C53H74O6/c1-4-7-10-13-16-19-21-23-25-26-28-29-31-34-37-40-43-46-52(55)58-49-50(48-57-51(54)45-42-39-36-33-18-15-12-9-6-3)59-53(56)47-44-41-38-35-32-30-27-24-22-20-17-14-11-8-5-2/h7-14,16-33,39,42,50H,4-6,15,34-38,40-41,43-49H2,1-3H3/b10-7-,11-8-,12-9-,16-13-,17-14-,21-19-,22-20-,25-23-,27-24-,28-26+,31-29-,32-30-,33-18-,42-39-. The minimum atomic E-state index is -0.862. The van der Waals surface area contributed by atoms with E-state index in [0.29, 0.717) is 12.8 Å². The van der Waals surface area contributed by atoms with Gasteiger partial charge in [0.05, 0.1) is 6.42 Å². The van der Waals surface area contributed by atoms with Crippen molar-refractivity contribution in [3.8, 4) is 0 Å². The second-order valence-electron chi connectivity index (χ2n) is 13.4. The lowest BCUT2D eigenvalue weighted by atomic mass is 10.1. The molecule has 0 aliphatic carbocycles. The summed E-state index contributed by atoms with van der Waals surface area (Å²) in [5.41, 5.74) is 0. The summed E-state index contributed by atoms with van der Waals surface area (Å²) in [5.74, 6) is -1.19. The van der Waals surface area contributed by atoms with Gasteiger partial charge in [0, 0.05) is 12.8 Å². The lowest BCUT2D eigenvalue weighted by Gasteiger charge is -2.18. The van der Waals surface area contributed by atoms with Gasteiger partial charge in [-0.2, -0.15) is 0 Å². The van der Waals surface area contributed by atoms with Gasteiger partial charge in [-0.3, -0.25) is 14.4 Å². The van der Waals surface area contributed by atoms with Crippen LogP contribution in [0.15, 0.2) is 170 Å². The summed E-state index contributed by atoms with van der Waals surface area (Å²) in [6.07, 6.45) is 67.9. The maximum absolute atomic E-state index is 12.7. The minimum Gasteiger partial charge on any atom is -0.462 e. The quantitative estimate of drug-likeness (QED) is 0.0209. The van der Waals surface area contributed by atoms with E-state index in [0.717, 1.165) is 70.6 Å². The summed E-state index contributed by atoms with van der Waals surface area (Å²) in [5, 5.41) is 0. The number of unbranched alkanes of at least 4 members (excludes halogenated alkanes) is 6. The summed E-state index contributed by atoms with van der Waals surface area (Å²) >= 11 is 0. The molecule has 0 rings (SSSR count). The van der Waals surface area contributed by atoms with Crippen LogP contribution in [-0.4, -0.2) is 37.2 Å². The first kappa shape index (κ1) is 53.8. The van der Waals surface area contributed by atoms with Crippen molar-refractivity contribution in [2.75, 3.05) is 13.2 Å². The van der Waals surface area contributed by atoms with Crippen LogP contribution in [0.1, 0.15) is 124 Å². The largest absolute Gasteiger partial charge is 0.462 e. The van der Waals surface area contributed by atoms with Gasteiger partial charge in [0.2, 0.25) is 0 Å². The normalized spacial score (nSPS) is 13.7. The number of allylic oxidation sites excluding steroid dienone is 27. The zero-order chi connectivity index (χ0) is 43.0. The van der Waals surface area contributed by atoms with E-state index in [4.69, 9.17) is 14.2 Å². The van der Waals surface area contributed by atoms with Gasteiger partial charge in [0.25, 0.3) is 0 Å². The van der Waals surface area contributed by atoms with Gasteiger partial charge in [-0.05, 0) is 70.6 Å². The van der Waals surface area contributed by atoms with Crippen LogP contribution in [0.2, 0.25) is 0 Å². The minimum absolute atomic E-state index is 0.106. The lowest BCUT2D eigenvalue weighted by molar-refractivity contribution is -0.166. The molecule has 59 heavy (non-hydrogen) atoms. The first-order chi connectivity index (χ1) is 29.0. The lowest BCUT2D eigenvalue weighted by Crippen LogP contribution is -2.30. The van der Waals surface area contributed by atoms with Gasteiger partial charge in [-0.1, -0.05) is 204 Å². The first-order valence-electron chi connectivity index (χ1n) is 21.8.